The van der Waals surface area contributed by atoms with E-state index in [1.165, 1.54) is 11.3 Å². The fraction of sp³-hybridized carbons (Fsp3) is 0.143. The molecule has 0 fully saturated rings. The van der Waals surface area contributed by atoms with Crippen molar-refractivity contribution in [3.8, 4) is 0 Å². The first kappa shape index (κ1) is 8.52. The van der Waals surface area contributed by atoms with Crippen molar-refractivity contribution in [2.24, 2.45) is 5.73 Å². The third kappa shape index (κ3) is 1.20. The number of urea groups is 1. The zero-order valence-electron chi connectivity index (χ0n) is 6.41. The van der Waals surface area contributed by atoms with Gasteiger partial charge in [-0.3, -0.25) is 4.79 Å². The first-order valence-corrected chi connectivity index (χ1v) is 4.69. The molecule has 2 N–H and O–H groups in total. The molecule has 2 rings (SSSR count). The van der Waals surface area contributed by atoms with Gasteiger partial charge in [-0.15, -0.1) is 11.3 Å². The Labute approximate surface area is 82.9 Å². The molecule has 68 valence electrons. The maximum atomic E-state index is 11.2. The standard InChI is InChI=1S/C7H5ClN2O2S/c8-5-1-3-4(13-5)2-6(11)10(3)7(9)12/h1H,2H2,(H2,9,12). The Morgan fingerprint density at radius 2 is 2.38 bits per heavy atom. The van der Waals surface area contributed by atoms with Gasteiger partial charge in [-0.25, -0.2) is 9.69 Å². The van der Waals surface area contributed by atoms with Gasteiger partial charge in [0.1, 0.15) is 0 Å². The molecule has 0 atom stereocenters. The number of nitrogens with zero attached hydrogens (tertiary/aromatic N) is 1. The molecule has 0 saturated heterocycles. The second-order valence-corrected chi connectivity index (χ2v) is 4.37. The molecular formula is C7H5ClN2O2S. The number of carbonyl (C=O) groups excluding carboxylic acids is 2. The first-order chi connectivity index (χ1) is 6.09. The van der Waals surface area contributed by atoms with Crippen molar-refractivity contribution in [3.63, 3.8) is 0 Å². The molecule has 0 bridgehead atoms. The molecule has 1 aliphatic heterocycles. The summed E-state index contributed by atoms with van der Waals surface area (Å²) in [6, 6.07) is 0.829. The minimum Gasteiger partial charge on any atom is -0.351 e. The lowest BCUT2D eigenvalue weighted by Gasteiger charge is -2.09. The van der Waals surface area contributed by atoms with Gasteiger partial charge in [-0.2, -0.15) is 0 Å². The van der Waals surface area contributed by atoms with E-state index < -0.39 is 6.03 Å². The molecule has 1 aromatic heterocycles. The normalized spacial score (nSPS) is 14.8. The Bertz CT molecular complexity index is 401. The number of amides is 3. The summed E-state index contributed by atoms with van der Waals surface area (Å²) in [6.45, 7) is 0. The summed E-state index contributed by atoms with van der Waals surface area (Å²) in [5, 5.41) is 0. The summed E-state index contributed by atoms with van der Waals surface area (Å²) in [6.07, 6.45) is 0.218. The molecule has 0 unspecified atom stereocenters. The van der Waals surface area contributed by atoms with Crippen LogP contribution in [0.5, 0.6) is 0 Å². The average Bonchev–Trinajstić information content (AvgIpc) is 2.41. The molecule has 0 radical (unpaired) electrons. The number of hydrogen-bond donors (Lipinski definition) is 1. The Hall–Kier alpha value is -1.07. The maximum Gasteiger partial charge on any atom is 0.326 e. The predicted molar refractivity (Wildman–Crippen MR) is 50.1 cm³/mol. The molecule has 2 heterocycles. The van der Waals surface area contributed by atoms with Crippen LogP contribution in [0.4, 0.5) is 10.5 Å². The second-order valence-electron chi connectivity index (χ2n) is 2.60. The number of carbonyl (C=O) groups is 2. The molecule has 3 amide bonds. The number of rotatable bonds is 0. The van der Waals surface area contributed by atoms with Crippen LogP contribution in [0, 0.1) is 0 Å². The van der Waals surface area contributed by atoms with E-state index in [9.17, 15) is 9.59 Å². The van der Waals surface area contributed by atoms with Gasteiger partial charge in [0.15, 0.2) is 0 Å². The van der Waals surface area contributed by atoms with Crippen LogP contribution in [0.2, 0.25) is 4.34 Å². The molecule has 6 heteroatoms. The van der Waals surface area contributed by atoms with E-state index in [1.54, 1.807) is 6.07 Å². The summed E-state index contributed by atoms with van der Waals surface area (Å²) in [4.78, 5) is 23.9. The van der Waals surface area contributed by atoms with Crippen molar-refractivity contribution < 1.29 is 9.59 Å². The van der Waals surface area contributed by atoms with Crippen LogP contribution in [-0.2, 0) is 11.2 Å². The van der Waals surface area contributed by atoms with Crippen LogP contribution in [0.1, 0.15) is 4.88 Å². The van der Waals surface area contributed by atoms with Crippen LogP contribution in [0.25, 0.3) is 0 Å². The van der Waals surface area contributed by atoms with Gasteiger partial charge in [0.05, 0.1) is 16.4 Å². The number of halogens is 1. The Morgan fingerprint density at radius 1 is 1.69 bits per heavy atom. The van der Waals surface area contributed by atoms with Crippen molar-refractivity contribution in [2.45, 2.75) is 6.42 Å². The minimum absolute atomic E-state index is 0.218. The third-order valence-corrected chi connectivity index (χ3v) is 3.03. The van der Waals surface area contributed by atoms with Gasteiger partial charge in [0.2, 0.25) is 5.91 Å². The van der Waals surface area contributed by atoms with Gasteiger partial charge in [-0.1, -0.05) is 11.6 Å². The van der Waals surface area contributed by atoms with Gasteiger partial charge >= 0.3 is 6.03 Å². The summed E-state index contributed by atoms with van der Waals surface area (Å²) < 4.78 is 0.559. The van der Waals surface area contributed by atoms with Crippen LogP contribution in [0.15, 0.2) is 6.07 Å². The lowest BCUT2D eigenvalue weighted by Crippen LogP contribution is -2.38. The van der Waals surface area contributed by atoms with E-state index in [-0.39, 0.29) is 12.3 Å². The average molecular weight is 217 g/mol. The van der Waals surface area contributed by atoms with E-state index in [4.69, 9.17) is 17.3 Å². The number of nitrogens with two attached hydrogens (primary N) is 1. The predicted octanol–water partition coefficient (Wildman–Crippen LogP) is 1.37. The Balaban J connectivity index is 2.50. The SMILES string of the molecule is NC(=O)N1C(=O)Cc2sc(Cl)cc21. The Morgan fingerprint density at radius 3 is 3.00 bits per heavy atom. The van der Waals surface area contributed by atoms with Crippen molar-refractivity contribution in [3.05, 3.63) is 15.3 Å². The molecular weight excluding hydrogens is 212 g/mol. The van der Waals surface area contributed by atoms with Gasteiger partial charge in [0, 0.05) is 4.88 Å². The molecule has 0 aromatic carbocycles. The molecule has 4 nitrogen and oxygen atoms in total. The van der Waals surface area contributed by atoms with Crippen LogP contribution in [-0.4, -0.2) is 11.9 Å². The number of imide groups is 1. The lowest BCUT2D eigenvalue weighted by atomic mass is 10.4. The smallest absolute Gasteiger partial charge is 0.326 e. The van der Waals surface area contributed by atoms with Gasteiger partial charge in [0.25, 0.3) is 0 Å². The quantitative estimate of drug-likeness (QED) is 0.712. The summed E-state index contributed by atoms with van der Waals surface area (Å²) >= 11 is 7.02. The monoisotopic (exact) mass is 216 g/mol. The third-order valence-electron chi connectivity index (χ3n) is 1.78. The molecule has 0 aliphatic carbocycles. The van der Waals surface area contributed by atoms with Crippen molar-refractivity contribution in [2.75, 3.05) is 4.90 Å². The summed E-state index contributed by atoms with van der Waals surface area (Å²) in [5.41, 5.74) is 5.57. The summed E-state index contributed by atoms with van der Waals surface area (Å²) in [7, 11) is 0. The van der Waals surface area contributed by atoms with E-state index in [2.05, 4.69) is 0 Å². The van der Waals surface area contributed by atoms with Crippen LogP contribution < -0.4 is 10.6 Å². The highest BCUT2D eigenvalue weighted by molar-refractivity contribution is 7.17. The molecule has 13 heavy (non-hydrogen) atoms. The van der Waals surface area contributed by atoms with Gasteiger partial charge < -0.3 is 5.73 Å². The molecule has 0 saturated carbocycles. The fourth-order valence-electron chi connectivity index (χ4n) is 1.30. The highest BCUT2D eigenvalue weighted by atomic mass is 35.5. The molecule has 1 aliphatic rings. The fourth-order valence-corrected chi connectivity index (χ4v) is 2.53. The highest BCUT2D eigenvalue weighted by Gasteiger charge is 2.32. The molecule has 0 spiro atoms. The number of anilines is 1. The van der Waals surface area contributed by atoms with Crippen molar-refractivity contribution >= 4 is 40.6 Å². The second kappa shape index (κ2) is 2.71. The first-order valence-electron chi connectivity index (χ1n) is 3.50. The van der Waals surface area contributed by atoms with E-state index in [0.29, 0.717) is 10.0 Å². The van der Waals surface area contributed by atoms with Crippen LogP contribution in [0.3, 0.4) is 0 Å². The number of fused-ring (bicyclic) bond motifs is 1. The largest absolute Gasteiger partial charge is 0.351 e. The Kier molecular flexibility index (Phi) is 1.78. The zero-order chi connectivity index (χ0) is 9.59. The summed E-state index contributed by atoms with van der Waals surface area (Å²) in [5.74, 6) is -0.287. The maximum absolute atomic E-state index is 11.2. The number of hydrogen-bond acceptors (Lipinski definition) is 3. The van der Waals surface area contributed by atoms with Crippen molar-refractivity contribution in [1.29, 1.82) is 0 Å². The van der Waals surface area contributed by atoms with E-state index >= 15 is 0 Å². The van der Waals surface area contributed by atoms with E-state index in [0.717, 1.165) is 9.78 Å². The zero-order valence-corrected chi connectivity index (χ0v) is 7.98. The van der Waals surface area contributed by atoms with E-state index in [1.807, 2.05) is 0 Å². The number of primary amides is 1. The minimum atomic E-state index is -0.752. The van der Waals surface area contributed by atoms with Crippen LogP contribution >= 0.6 is 22.9 Å². The highest BCUT2D eigenvalue weighted by Crippen LogP contribution is 2.38. The number of thiophene rings is 1. The lowest BCUT2D eigenvalue weighted by molar-refractivity contribution is -0.116. The topological polar surface area (TPSA) is 63.4 Å². The van der Waals surface area contributed by atoms with Gasteiger partial charge in [-0.05, 0) is 6.07 Å². The molecule has 1 aromatic rings. The van der Waals surface area contributed by atoms with Crippen molar-refractivity contribution in [1.82, 2.24) is 0 Å².